The number of anilines is 1. The second-order valence-electron chi connectivity index (χ2n) is 6.61. The van der Waals surface area contributed by atoms with E-state index in [9.17, 15) is 9.59 Å². The summed E-state index contributed by atoms with van der Waals surface area (Å²) in [5.41, 5.74) is 1.88. The van der Waals surface area contributed by atoms with Crippen LogP contribution in [0.15, 0.2) is 53.3 Å². The maximum atomic E-state index is 12.9. The highest BCUT2D eigenvalue weighted by atomic mass is 16.5. The number of nitrogens with one attached hydrogen (secondary N) is 1. The summed E-state index contributed by atoms with van der Waals surface area (Å²) >= 11 is 0. The summed E-state index contributed by atoms with van der Waals surface area (Å²) in [6, 6.07) is 10.6. The van der Waals surface area contributed by atoms with Gasteiger partial charge in [0.05, 0.1) is 37.6 Å². The summed E-state index contributed by atoms with van der Waals surface area (Å²) < 4.78 is 10.8. The van der Waals surface area contributed by atoms with Crippen molar-refractivity contribution in [1.82, 2.24) is 15.0 Å². The number of benzene rings is 1. The summed E-state index contributed by atoms with van der Waals surface area (Å²) in [5.74, 6) is -0.283. The molecule has 1 aliphatic heterocycles. The monoisotopic (exact) mass is 380 g/mol. The predicted octanol–water partition coefficient (Wildman–Crippen LogP) is 2.02. The first-order valence-electron chi connectivity index (χ1n) is 9.11. The second kappa shape index (κ2) is 8.18. The molecule has 0 radical (unpaired) electrons. The molecule has 4 rings (SSSR count). The van der Waals surface area contributed by atoms with Gasteiger partial charge in [0.25, 0.3) is 0 Å². The number of para-hydroxylation sites is 1. The van der Waals surface area contributed by atoms with Gasteiger partial charge in [-0.1, -0.05) is 17.3 Å². The van der Waals surface area contributed by atoms with Crippen LogP contribution in [-0.2, 0) is 20.7 Å². The molecule has 8 heteroatoms. The Morgan fingerprint density at radius 2 is 2.11 bits per heavy atom. The van der Waals surface area contributed by atoms with Gasteiger partial charge in [-0.25, -0.2) is 0 Å². The van der Waals surface area contributed by atoms with Gasteiger partial charge in [-0.15, -0.1) is 0 Å². The standard InChI is InChI=1S/C20H20N4O4/c25-19(22-14-4-3-7-21-12-14)10-15-13-27-9-8-24(15)20(26)11-17-16-5-1-2-6-18(16)28-23-17/h1-7,12,15H,8-11,13H2,(H,22,25). The number of aromatic nitrogens is 2. The minimum Gasteiger partial charge on any atom is -0.377 e. The number of carbonyl (C=O) groups excluding carboxylic acids is 2. The molecule has 28 heavy (non-hydrogen) atoms. The molecular formula is C20H20N4O4. The average Bonchev–Trinajstić information content (AvgIpc) is 3.12. The van der Waals surface area contributed by atoms with Crippen LogP contribution in [0, 0.1) is 0 Å². The molecule has 8 nitrogen and oxygen atoms in total. The van der Waals surface area contributed by atoms with Crippen LogP contribution in [0.3, 0.4) is 0 Å². The van der Waals surface area contributed by atoms with Crippen molar-refractivity contribution in [3.63, 3.8) is 0 Å². The van der Waals surface area contributed by atoms with Crippen molar-refractivity contribution in [3.05, 3.63) is 54.5 Å². The first-order valence-corrected chi connectivity index (χ1v) is 9.11. The van der Waals surface area contributed by atoms with E-state index in [0.29, 0.717) is 36.7 Å². The molecule has 3 heterocycles. The SMILES string of the molecule is O=C(CC1COCCN1C(=O)Cc1noc2ccccc12)Nc1cccnc1. The number of pyridine rings is 1. The van der Waals surface area contributed by atoms with Crippen molar-refractivity contribution in [2.24, 2.45) is 0 Å². The molecule has 1 unspecified atom stereocenters. The number of ether oxygens (including phenoxy) is 1. The van der Waals surface area contributed by atoms with Crippen molar-refractivity contribution >= 4 is 28.5 Å². The normalized spacial score (nSPS) is 16.9. The zero-order chi connectivity index (χ0) is 19.3. The zero-order valence-corrected chi connectivity index (χ0v) is 15.2. The molecule has 0 spiro atoms. The predicted molar refractivity (Wildman–Crippen MR) is 102 cm³/mol. The van der Waals surface area contributed by atoms with Crippen LogP contribution >= 0.6 is 0 Å². The lowest BCUT2D eigenvalue weighted by Crippen LogP contribution is -2.50. The fourth-order valence-electron chi connectivity index (χ4n) is 3.33. The highest BCUT2D eigenvalue weighted by molar-refractivity contribution is 5.91. The number of nitrogens with zero attached hydrogens (tertiary/aromatic N) is 3. The lowest BCUT2D eigenvalue weighted by atomic mass is 10.1. The Morgan fingerprint density at radius 1 is 1.21 bits per heavy atom. The number of hydrogen-bond acceptors (Lipinski definition) is 6. The van der Waals surface area contributed by atoms with Gasteiger partial charge in [-0.2, -0.15) is 0 Å². The molecule has 1 fully saturated rings. The summed E-state index contributed by atoms with van der Waals surface area (Å²) in [4.78, 5) is 31.0. The molecule has 1 saturated heterocycles. The Hall–Kier alpha value is -3.26. The molecule has 1 aliphatic rings. The van der Waals surface area contributed by atoms with Crippen LogP contribution in [-0.4, -0.2) is 52.7 Å². The van der Waals surface area contributed by atoms with Crippen molar-refractivity contribution in [3.8, 4) is 0 Å². The van der Waals surface area contributed by atoms with E-state index in [1.807, 2.05) is 24.3 Å². The van der Waals surface area contributed by atoms with Crippen LogP contribution in [0.5, 0.6) is 0 Å². The first-order chi connectivity index (χ1) is 13.7. The van der Waals surface area contributed by atoms with E-state index in [1.165, 1.54) is 0 Å². The largest absolute Gasteiger partial charge is 0.377 e. The molecule has 2 amide bonds. The number of amides is 2. The van der Waals surface area contributed by atoms with Crippen molar-refractivity contribution < 1.29 is 18.8 Å². The van der Waals surface area contributed by atoms with Gasteiger partial charge in [0.15, 0.2) is 5.58 Å². The van der Waals surface area contributed by atoms with Gasteiger partial charge < -0.3 is 19.5 Å². The molecule has 2 aromatic heterocycles. The molecule has 0 saturated carbocycles. The Morgan fingerprint density at radius 3 is 2.96 bits per heavy atom. The number of fused-ring (bicyclic) bond motifs is 1. The molecule has 3 aromatic rings. The van der Waals surface area contributed by atoms with E-state index < -0.39 is 0 Å². The lowest BCUT2D eigenvalue weighted by Gasteiger charge is -2.35. The Bertz CT molecular complexity index is 973. The van der Waals surface area contributed by atoms with E-state index in [4.69, 9.17) is 9.26 Å². The fourth-order valence-corrected chi connectivity index (χ4v) is 3.33. The Kier molecular flexibility index (Phi) is 5.29. The molecule has 0 aliphatic carbocycles. The van der Waals surface area contributed by atoms with Gasteiger partial charge in [0.1, 0.15) is 5.69 Å². The van der Waals surface area contributed by atoms with Gasteiger partial charge in [-0.05, 0) is 24.3 Å². The van der Waals surface area contributed by atoms with Crippen molar-refractivity contribution in [1.29, 1.82) is 0 Å². The van der Waals surface area contributed by atoms with Crippen molar-refractivity contribution in [2.45, 2.75) is 18.9 Å². The molecule has 144 valence electrons. The fraction of sp³-hybridized carbons (Fsp3) is 0.300. The van der Waals surface area contributed by atoms with E-state index >= 15 is 0 Å². The molecule has 0 bridgehead atoms. The van der Waals surface area contributed by atoms with E-state index in [0.717, 1.165) is 5.39 Å². The maximum absolute atomic E-state index is 12.9. The lowest BCUT2D eigenvalue weighted by molar-refractivity contribution is -0.140. The van der Waals surface area contributed by atoms with Crippen LogP contribution in [0.1, 0.15) is 12.1 Å². The van der Waals surface area contributed by atoms with Crippen LogP contribution in [0.25, 0.3) is 11.0 Å². The molecule has 1 N–H and O–H groups in total. The Labute approximate surface area is 161 Å². The smallest absolute Gasteiger partial charge is 0.229 e. The molecule has 1 aromatic carbocycles. The number of rotatable bonds is 5. The third-order valence-corrected chi connectivity index (χ3v) is 4.69. The highest BCUT2D eigenvalue weighted by Crippen LogP contribution is 2.20. The van der Waals surface area contributed by atoms with Gasteiger partial charge >= 0.3 is 0 Å². The van der Waals surface area contributed by atoms with Gasteiger partial charge in [0, 0.05) is 24.5 Å². The van der Waals surface area contributed by atoms with E-state index in [-0.39, 0.29) is 30.7 Å². The van der Waals surface area contributed by atoms with Gasteiger partial charge in [0.2, 0.25) is 11.8 Å². The minimum atomic E-state index is -0.323. The molecule has 1 atom stereocenters. The van der Waals surface area contributed by atoms with Crippen LogP contribution in [0.2, 0.25) is 0 Å². The Balaban J connectivity index is 1.42. The summed E-state index contributed by atoms with van der Waals surface area (Å²) in [6.07, 6.45) is 3.49. The average molecular weight is 380 g/mol. The quantitative estimate of drug-likeness (QED) is 0.727. The first kappa shape index (κ1) is 18.1. The highest BCUT2D eigenvalue weighted by Gasteiger charge is 2.30. The number of hydrogen-bond donors (Lipinski definition) is 1. The summed E-state index contributed by atoms with van der Waals surface area (Å²) in [7, 11) is 0. The zero-order valence-electron chi connectivity index (χ0n) is 15.2. The van der Waals surface area contributed by atoms with Gasteiger partial charge in [-0.3, -0.25) is 14.6 Å². The molecular weight excluding hydrogens is 360 g/mol. The maximum Gasteiger partial charge on any atom is 0.229 e. The summed E-state index contributed by atoms with van der Waals surface area (Å²) in [6.45, 7) is 1.22. The van der Waals surface area contributed by atoms with E-state index in [2.05, 4.69) is 15.5 Å². The minimum absolute atomic E-state index is 0.0958. The number of morpholine rings is 1. The van der Waals surface area contributed by atoms with Crippen LogP contribution in [0.4, 0.5) is 5.69 Å². The van der Waals surface area contributed by atoms with Crippen molar-refractivity contribution in [2.75, 3.05) is 25.1 Å². The second-order valence-corrected chi connectivity index (χ2v) is 6.61. The van der Waals surface area contributed by atoms with E-state index in [1.54, 1.807) is 29.4 Å². The number of carbonyl (C=O) groups is 2. The summed E-state index contributed by atoms with van der Waals surface area (Å²) in [5, 5.41) is 7.66. The third kappa shape index (κ3) is 4.01. The van der Waals surface area contributed by atoms with Crippen LogP contribution < -0.4 is 5.32 Å². The topological polar surface area (TPSA) is 97.6 Å². The third-order valence-electron chi connectivity index (χ3n) is 4.69.